The molecule has 11 nitrogen and oxygen atoms in total. The zero-order valence-corrected chi connectivity index (χ0v) is 20.6. The van der Waals surface area contributed by atoms with Crippen molar-refractivity contribution in [2.75, 3.05) is 13.7 Å². The molecule has 1 saturated heterocycles. The number of aryl methyl sites for hydroxylation is 1. The minimum Gasteiger partial charge on any atom is -0.497 e. The smallest absolute Gasteiger partial charge is 0.323 e. The molecule has 5 rings (SSSR count). The largest absolute Gasteiger partial charge is 0.497 e. The van der Waals surface area contributed by atoms with Gasteiger partial charge in [0.25, 0.3) is 11.8 Å². The van der Waals surface area contributed by atoms with Crippen LogP contribution in [0.4, 0.5) is 9.59 Å². The molecular weight excluding hydrogens is 490 g/mol. The fourth-order valence-electron chi connectivity index (χ4n) is 5.09. The molecule has 0 radical (unpaired) electrons. The van der Waals surface area contributed by atoms with Crippen molar-refractivity contribution in [2.24, 2.45) is 0 Å². The van der Waals surface area contributed by atoms with E-state index in [1.165, 1.54) is 12.0 Å². The molecule has 4 N–H and O–H groups in total. The number of rotatable bonds is 5. The number of carbonyl (C=O) groups excluding carboxylic acids is 5. The molecule has 38 heavy (non-hydrogen) atoms. The van der Waals surface area contributed by atoms with Gasteiger partial charge in [-0.1, -0.05) is 24.0 Å². The number of hydrogen-bond donors (Lipinski definition) is 4. The molecule has 2 aromatic rings. The van der Waals surface area contributed by atoms with E-state index in [9.17, 15) is 24.0 Å². The highest BCUT2D eigenvalue weighted by molar-refractivity contribution is 6.10. The molecule has 1 unspecified atom stereocenters. The molecule has 3 aliphatic rings. The van der Waals surface area contributed by atoms with Crippen LogP contribution < -0.4 is 26.0 Å². The minimum absolute atomic E-state index is 0.129. The number of fused-ring (bicyclic) bond motifs is 2. The summed E-state index contributed by atoms with van der Waals surface area (Å²) in [6.45, 7) is 0.145. The van der Waals surface area contributed by atoms with Crippen molar-refractivity contribution in [1.82, 2.24) is 26.2 Å². The topological polar surface area (TPSA) is 146 Å². The quantitative estimate of drug-likeness (QED) is 0.267. The molecule has 2 aliphatic heterocycles. The fraction of sp³-hybridized carbons (Fsp3) is 0.296. The molecule has 0 aromatic heterocycles. The second-order valence-corrected chi connectivity index (χ2v) is 9.34. The summed E-state index contributed by atoms with van der Waals surface area (Å²) in [5, 5.41) is 9.72. The molecular formula is C27H25N5O6. The van der Waals surface area contributed by atoms with Crippen LogP contribution in [0, 0.1) is 11.8 Å². The summed E-state index contributed by atoms with van der Waals surface area (Å²) in [5.74, 6) is 5.57. The molecule has 2 heterocycles. The van der Waals surface area contributed by atoms with Crippen LogP contribution in [0.1, 0.15) is 51.5 Å². The number of nitrogens with one attached hydrogen (secondary N) is 4. The van der Waals surface area contributed by atoms with Crippen LogP contribution in [0.25, 0.3) is 0 Å². The van der Waals surface area contributed by atoms with Crippen molar-refractivity contribution in [3.05, 3.63) is 64.2 Å². The lowest BCUT2D eigenvalue weighted by molar-refractivity contribution is -0.122. The van der Waals surface area contributed by atoms with Gasteiger partial charge in [0, 0.05) is 17.7 Å². The first kappa shape index (κ1) is 24.8. The summed E-state index contributed by atoms with van der Waals surface area (Å²) in [7, 11) is 1.52. The maximum absolute atomic E-state index is 13.1. The monoisotopic (exact) mass is 515 g/mol. The zero-order chi connectivity index (χ0) is 26.9. The van der Waals surface area contributed by atoms with Crippen LogP contribution in [0.5, 0.6) is 5.75 Å². The van der Waals surface area contributed by atoms with Gasteiger partial charge < -0.3 is 20.3 Å². The van der Waals surface area contributed by atoms with Crippen LogP contribution in [-0.4, -0.2) is 54.4 Å². The van der Waals surface area contributed by atoms with E-state index in [1.807, 2.05) is 12.1 Å². The standard InChI is InChI=1S/C27H25N5O6/c1-38-19-7-6-18-13-32(23(34)21(18)12-19)14-27(24(35)30-26(37)31-27)10-9-16-5-8-20-17(11-16)3-2-4-22(20)29-25(36)28-15-33/h5-8,11-12,15,22H,2-4,13-14H2,1H3,(H2,28,29,33,36)(H2,30,31,35,37)/t22?,27-/m1/s1. The van der Waals surface area contributed by atoms with Crippen LogP contribution in [-0.2, 0) is 22.6 Å². The van der Waals surface area contributed by atoms with Crippen molar-refractivity contribution < 1.29 is 28.7 Å². The number of urea groups is 2. The molecule has 0 spiro atoms. The number of methoxy groups -OCH3 is 1. The molecule has 1 fully saturated rings. The van der Waals surface area contributed by atoms with Gasteiger partial charge in [0.05, 0.1) is 19.7 Å². The highest BCUT2D eigenvalue weighted by Gasteiger charge is 2.48. The molecule has 11 heteroatoms. The Balaban J connectivity index is 1.40. The van der Waals surface area contributed by atoms with Crippen LogP contribution in [0.3, 0.4) is 0 Å². The van der Waals surface area contributed by atoms with Crippen molar-refractivity contribution >= 4 is 30.3 Å². The third-order valence-corrected chi connectivity index (χ3v) is 6.94. The Morgan fingerprint density at radius 3 is 2.79 bits per heavy atom. The minimum atomic E-state index is -1.62. The maximum atomic E-state index is 13.1. The Labute approximate surface area is 218 Å². The highest BCUT2D eigenvalue weighted by atomic mass is 16.5. The van der Waals surface area contributed by atoms with E-state index in [0.717, 1.165) is 36.0 Å². The number of carbonyl (C=O) groups is 5. The predicted molar refractivity (Wildman–Crippen MR) is 134 cm³/mol. The summed E-state index contributed by atoms with van der Waals surface area (Å²) < 4.78 is 5.22. The maximum Gasteiger partial charge on any atom is 0.323 e. The van der Waals surface area contributed by atoms with Gasteiger partial charge in [0.2, 0.25) is 11.9 Å². The van der Waals surface area contributed by atoms with Crippen molar-refractivity contribution in [1.29, 1.82) is 0 Å². The second-order valence-electron chi connectivity index (χ2n) is 9.34. The van der Waals surface area contributed by atoms with Gasteiger partial charge in [-0.25, -0.2) is 9.59 Å². The third-order valence-electron chi connectivity index (χ3n) is 6.94. The lowest BCUT2D eigenvalue weighted by atomic mass is 9.86. The van der Waals surface area contributed by atoms with Crippen LogP contribution in [0.2, 0.25) is 0 Å². The van der Waals surface area contributed by atoms with E-state index in [1.54, 1.807) is 24.3 Å². The first-order valence-electron chi connectivity index (χ1n) is 12.1. The van der Waals surface area contributed by atoms with Gasteiger partial charge in [-0.3, -0.25) is 25.0 Å². The van der Waals surface area contributed by atoms with Gasteiger partial charge in [-0.2, -0.15) is 0 Å². The number of nitrogens with zero attached hydrogens (tertiary/aromatic N) is 1. The number of imide groups is 2. The van der Waals surface area contributed by atoms with Gasteiger partial charge in [0.15, 0.2) is 0 Å². The number of hydrogen-bond acceptors (Lipinski definition) is 6. The number of ether oxygens (including phenoxy) is 1. The van der Waals surface area contributed by atoms with E-state index in [-0.39, 0.29) is 25.0 Å². The number of amides is 7. The Kier molecular flexibility index (Phi) is 6.46. The summed E-state index contributed by atoms with van der Waals surface area (Å²) in [6.07, 6.45) is 2.68. The van der Waals surface area contributed by atoms with E-state index in [4.69, 9.17) is 4.74 Å². The molecule has 7 amide bonds. The molecule has 194 valence electrons. The van der Waals surface area contributed by atoms with Crippen molar-refractivity contribution in [2.45, 2.75) is 37.4 Å². The van der Waals surface area contributed by atoms with Gasteiger partial charge in [0.1, 0.15) is 5.75 Å². The molecule has 0 saturated carbocycles. The summed E-state index contributed by atoms with van der Waals surface area (Å²) >= 11 is 0. The first-order valence-corrected chi connectivity index (χ1v) is 12.1. The molecule has 1 aliphatic carbocycles. The second kappa shape index (κ2) is 9.89. The third kappa shape index (κ3) is 4.64. The summed E-state index contributed by atoms with van der Waals surface area (Å²) in [5.41, 5.74) is 2.20. The van der Waals surface area contributed by atoms with Crippen molar-refractivity contribution in [3.8, 4) is 17.6 Å². The SMILES string of the molecule is COc1ccc2c(c1)C(=O)N(C[C@@]1(C#Cc3ccc4c(c3)CCCC4NC(=O)NC=O)NC(=O)NC1=O)C2. The molecule has 0 bridgehead atoms. The average molecular weight is 516 g/mol. The lowest BCUT2D eigenvalue weighted by Crippen LogP contribution is -2.54. The fourth-order valence-corrected chi connectivity index (χ4v) is 5.09. The van der Waals surface area contributed by atoms with Crippen LogP contribution in [0.15, 0.2) is 36.4 Å². The van der Waals surface area contributed by atoms with Gasteiger partial charge >= 0.3 is 12.1 Å². The van der Waals surface area contributed by atoms with E-state index in [0.29, 0.717) is 23.3 Å². The number of benzene rings is 2. The predicted octanol–water partition coefficient (Wildman–Crippen LogP) is 1.11. The lowest BCUT2D eigenvalue weighted by Gasteiger charge is -2.27. The average Bonchev–Trinajstić information content (AvgIpc) is 3.36. The Morgan fingerprint density at radius 2 is 2.05 bits per heavy atom. The van der Waals surface area contributed by atoms with E-state index >= 15 is 0 Å². The Hall–Kier alpha value is -4.85. The Bertz CT molecular complexity index is 1430. The van der Waals surface area contributed by atoms with Crippen molar-refractivity contribution in [3.63, 3.8) is 0 Å². The van der Waals surface area contributed by atoms with Gasteiger partial charge in [-0.15, -0.1) is 0 Å². The molecule has 2 atom stereocenters. The summed E-state index contributed by atoms with van der Waals surface area (Å²) in [6, 6.07) is 9.25. The Morgan fingerprint density at radius 1 is 1.21 bits per heavy atom. The van der Waals surface area contributed by atoms with Crippen LogP contribution >= 0.6 is 0 Å². The summed E-state index contributed by atoms with van der Waals surface area (Å²) in [4.78, 5) is 61.9. The first-order chi connectivity index (χ1) is 18.3. The van der Waals surface area contributed by atoms with E-state index in [2.05, 4.69) is 33.1 Å². The highest BCUT2D eigenvalue weighted by Crippen LogP contribution is 2.31. The van der Waals surface area contributed by atoms with Gasteiger partial charge in [-0.05, 0) is 60.2 Å². The molecule has 2 aromatic carbocycles. The van der Waals surface area contributed by atoms with E-state index < -0.39 is 23.5 Å². The normalized spacial score (nSPS) is 21.3. The zero-order valence-electron chi connectivity index (χ0n) is 20.6.